The quantitative estimate of drug-likeness (QED) is 0.241. The van der Waals surface area contributed by atoms with Crippen molar-refractivity contribution in [2.75, 3.05) is 6.61 Å². The Morgan fingerprint density at radius 1 is 0.591 bits per heavy atom. The molecule has 1 N–H and O–H groups in total. The minimum Gasteiger partial charge on any atom is -0.493 e. The van der Waals surface area contributed by atoms with Gasteiger partial charge in [0.05, 0.1) is 12.9 Å². The van der Waals surface area contributed by atoms with Crippen molar-refractivity contribution < 1.29 is 18.7 Å². The van der Waals surface area contributed by atoms with Gasteiger partial charge in [0.1, 0.15) is 18.3 Å². The van der Waals surface area contributed by atoms with Gasteiger partial charge in [0.25, 0.3) is 16.6 Å². The Hall–Kier alpha value is -3.27. The number of aliphatic hydroxyl groups is 1. The zero-order chi connectivity index (χ0) is 31.4. The Kier molecular flexibility index (Phi) is 9.49. The van der Waals surface area contributed by atoms with Gasteiger partial charge >= 0.3 is 0 Å². The molecule has 0 fully saturated rings. The van der Waals surface area contributed by atoms with Crippen LogP contribution in [0.2, 0.25) is 10.1 Å². The van der Waals surface area contributed by atoms with Crippen LogP contribution in [0.15, 0.2) is 134 Å². The van der Waals surface area contributed by atoms with Crippen LogP contribution in [0.5, 0.6) is 0 Å². The van der Waals surface area contributed by atoms with Crippen LogP contribution in [0, 0.1) is 0 Å². The van der Waals surface area contributed by atoms with Gasteiger partial charge in [-0.3, -0.25) is 0 Å². The number of hydrogen-bond donors (Lipinski definition) is 1. The maximum Gasteiger partial charge on any atom is 0.261 e. The van der Waals surface area contributed by atoms with Crippen molar-refractivity contribution in [2.24, 2.45) is 0 Å². The van der Waals surface area contributed by atoms with Crippen molar-refractivity contribution in [3.63, 3.8) is 0 Å². The second-order valence-corrected chi connectivity index (χ2v) is 22.3. The van der Waals surface area contributed by atoms with E-state index < -0.39 is 34.9 Å². The van der Waals surface area contributed by atoms with Crippen LogP contribution in [-0.4, -0.2) is 46.7 Å². The summed E-state index contributed by atoms with van der Waals surface area (Å²) in [6.45, 7) is 13.8. The van der Waals surface area contributed by atoms with Gasteiger partial charge < -0.3 is 18.7 Å². The van der Waals surface area contributed by atoms with E-state index in [2.05, 4.69) is 151 Å². The molecule has 0 saturated heterocycles. The van der Waals surface area contributed by atoms with Gasteiger partial charge in [0.15, 0.2) is 0 Å². The summed E-state index contributed by atoms with van der Waals surface area (Å²) < 4.78 is 21.1. The molecular formula is C38H46O4Si2. The summed E-state index contributed by atoms with van der Waals surface area (Å²) in [6, 6.07) is 42.3. The second-order valence-electron chi connectivity index (χ2n) is 13.7. The van der Waals surface area contributed by atoms with Crippen LogP contribution in [0.25, 0.3) is 0 Å². The third-order valence-electron chi connectivity index (χ3n) is 8.84. The Morgan fingerprint density at radius 3 is 1.32 bits per heavy atom. The van der Waals surface area contributed by atoms with Gasteiger partial charge in [-0.25, -0.2) is 0 Å². The summed E-state index contributed by atoms with van der Waals surface area (Å²) in [4.78, 5) is 0. The van der Waals surface area contributed by atoms with Gasteiger partial charge in [0.2, 0.25) is 0 Å². The molecule has 0 aliphatic carbocycles. The Balaban J connectivity index is 1.59. The second kappa shape index (κ2) is 13.0. The summed E-state index contributed by atoms with van der Waals surface area (Å²) >= 11 is 0. The van der Waals surface area contributed by atoms with Crippen LogP contribution in [0.4, 0.5) is 0 Å². The molecule has 0 unspecified atom stereocenters. The molecule has 230 valence electrons. The van der Waals surface area contributed by atoms with Gasteiger partial charge in [-0.05, 0) is 36.9 Å². The highest BCUT2D eigenvalue weighted by Gasteiger charge is 2.55. The molecular weight excluding hydrogens is 577 g/mol. The van der Waals surface area contributed by atoms with Gasteiger partial charge in [-0.15, -0.1) is 0 Å². The van der Waals surface area contributed by atoms with Crippen molar-refractivity contribution in [1.82, 2.24) is 0 Å². The first-order valence-corrected chi connectivity index (χ1v) is 19.4. The largest absolute Gasteiger partial charge is 0.493 e. The first kappa shape index (κ1) is 32.1. The highest BCUT2D eigenvalue weighted by molar-refractivity contribution is 7.00. The first-order valence-electron chi connectivity index (χ1n) is 15.5. The number of rotatable bonds is 9. The van der Waals surface area contributed by atoms with Gasteiger partial charge in [-0.2, -0.15) is 0 Å². The number of benzene rings is 4. The van der Waals surface area contributed by atoms with E-state index in [1.807, 2.05) is 12.1 Å². The highest BCUT2D eigenvalue weighted by Crippen LogP contribution is 2.40. The molecule has 4 aromatic carbocycles. The van der Waals surface area contributed by atoms with E-state index in [1.165, 1.54) is 10.4 Å². The first-order chi connectivity index (χ1) is 21.0. The number of ether oxygens (including phenoxy) is 1. The van der Waals surface area contributed by atoms with Crippen LogP contribution < -0.4 is 20.7 Å². The SMILES string of the molecule is CC(C)(C)[Si](OC[C@H]1OC=C[C@@H](O)[C@H]1O[Si](c1ccccc1)(c1ccccc1)C(C)(C)C)(c1ccccc1)c1ccccc1. The topological polar surface area (TPSA) is 47.9 Å². The summed E-state index contributed by atoms with van der Waals surface area (Å²) in [6.07, 6.45) is 1.30. The van der Waals surface area contributed by atoms with E-state index >= 15 is 0 Å². The number of aliphatic hydroxyl groups excluding tert-OH is 1. The molecule has 3 atom stereocenters. The van der Waals surface area contributed by atoms with E-state index in [0.29, 0.717) is 0 Å². The zero-order valence-electron chi connectivity index (χ0n) is 26.8. The van der Waals surface area contributed by atoms with Gasteiger partial charge in [-0.1, -0.05) is 163 Å². The maximum absolute atomic E-state index is 11.6. The smallest absolute Gasteiger partial charge is 0.261 e. The van der Waals surface area contributed by atoms with E-state index in [-0.39, 0.29) is 16.7 Å². The molecule has 0 bridgehead atoms. The summed E-state index contributed by atoms with van der Waals surface area (Å²) in [7, 11) is -5.82. The van der Waals surface area contributed by atoms with Crippen molar-refractivity contribution >= 4 is 37.4 Å². The third-order valence-corrected chi connectivity index (χ3v) is 18.9. The van der Waals surface area contributed by atoms with E-state index in [1.54, 1.807) is 12.3 Å². The fourth-order valence-corrected chi connectivity index (χ4v) is 16.1. The van der Waals surface area contributed by atoms with Gasteiger partial charge in [0, 0.05) is 0 Å². The fourth-order valence-electron chi connectivity index (χ4n) is 6.78. The normalized spacial score (nSPS) is 19.4. The predicted octanol–water partition coefficient (Wildman–Crippen LogP) is 5.78. The molecule has 1 aliphatic rings. The molecule has 6 heteroatoms. The average Bonchev–Trinajstić information content (AvgIpc) is 3.02. The molecule has 1 heterocycles. The number of hydrogen-bond acceptors (Lipinski definition) is 4. The standard InChI is InChI=1S/C38H46O4Si2/c1-37(2,3)43(30-19-11-7-12-20-30,31-21-13-8-14-22-31)41-29-35-36(34(39)27-28-40-35)42-44(38(4,5)6,32-23-15-9-16-24-32)33-25-17-10-18-26-33/h7-28,34-36,39H,29H2,1-6H3/t34-,35-,36-/m1/s1. The third kappa shape index (κ3) is 6.02. The highest BCUT2D eigenvalue weighted by atomic mass is 28.4. The Labute approximate surface area is 265 Å². The summed E-state index contributed by atoms with van der Waals surface area (Å²) in [5, 5.41) is 15.9. The maximum atomic E-state index is 11.6. The molecule has 0 amide bonds. The van der Waals surface area contributed by atoms with Crippen LogP contribution in [0.1, 0.15) is 41.5 Å². The van der Waals surface area contributed by atoms with E-state index in [4.69, 9.17) is 13.6 Å². The lowest BCUT2D eigenvalue weighted by molar-refractivity contribution is -0.0699. The molecule has 44 heavy (non-hydrogen) atoms. The van der Waals surface area contributed by atoms with Crippen molar-refractivity contribution in [2.45, 2.75) is 69.9 Å². The Morgan fingerprint density at radius 2 is 0.955 bits per heavy atom. The van der Waals surface area contributed by atoms with Crippen molar-refractivity contribution in [1.29, 1.82) is 0 Å². The van der Waals surface area contributed by atoms with Crippen LogP contribution in [-0.2, 0) is 13.6 Å². The Bertz CT molecular complexity index is 1420. The van der Waals surface area contributed by atoms with Crippen molar-refractivity contribution in [3.8, 4) is 0 Å². The summed E-state index contributed by atoms with van der Waals surface area (Å²) in [5.41, 5.74) is 0. The fraction of sp³-hybridized carbons (Fsp3) is 0.316. The monoisotopic (exact) mass is 622 g/mol. The summed E-state index contributed by atoms with van der Waals surface area (Å²) in [5.74, 6) is 0. The van der Waals surface area contributed by atoms with Crippen molar-refractivity contribution in [3.05, 3.63) is 134 Å². The lowest BCUT2D eigenvalue weighted by Gasteiger charge is -2.48. The van der Waals surface area contributed by atoms with E-state index in [9.17, 15) is 5.11 Å². The minimum absolute atomic E-state index is 0.187. The predicted molar refractivity (Wildman–Crippen MR) is 186 cm³/mol. The molecule has 0 saturated carbocycles. The lowest BCUT2D eigenvalue weighted by Crippen LogP contribution is -2.70. The molecule has 4 nitrogen and oxygen atoms in total. The zero-order valence-corrected chi connectivity index (χ0v) is 28.8. The average molecular weight is 623 g/mol. The molecule has 0 spiro atoms. The lowest BCUT2D eigenvalue weighted by atomic mass is 10.1. The minimum atomic E-state index is -2.98. The molecule has 5 rings (SSSR count). The van der Waals surface area contributed by atoms with Crippen LogP contribution in [0.3, 0.4) is 0 Å². The molecule has 4 aromatic rings. The molecule has 0 aromatic heterocycles. The molecule has 1 aliphatic heterocycles. The molecule has 0 radical (unpaired) electrons. The van der Waals surface area contributed by atoms with E-state index in [0.717, 1.165) is 10.4 Å². The van der Waals surface area contributed by atoms with Crippen LogP contribution >= 0.6 is 0 Å².